The van der Waals surface area contributed by atoms with Gasteiger partial charge in [0.15, 0.2) is 0 Å². The molecule has 3 saturated heterocycles. The van der Waals surface area contributed by atoms with Crippen molar-refractivity contribution in [3.8, 4) is 50.4 Å². The summed E-state index contributed by atoms with van der Waals surface area (Å²) in [5.74, 6) is -0.467. The first-order valence-electron chi connectivity index (χ1n) is 39.9. The van der Waals surface area contributed by atoms with E-state index in [1.165, 1.54) is 73.4 Å². The predicted molar refractivity (Wildman–Crippen MR) is 455 cm³/mol. The van der Waals surface area contributed by atoms with Crippen molar-refractivity contribution < 1.29 is 44.1 Å². The van der Waals surface area contributed by atoms with Crippen molar-refractivity contribution in [3.05, 3.63) is 313 Å². The number of pyridine rings is 3. The van der Waals surface area contributed by atoms with Gasteiger partial charge in [-0.15, -0.1) is 0 Å². The number of carbonyl (C=O) groups excluding carboxylic acids is 6. The molecule has 0 spiro atoms. The minimum atomic E-state index is -0.548. The van der Waals surface area contributed by atoms with Crippen molar-refractivity contribution in [2.45, 2.75) is 107 Å². The number of aryl methyl sites for hydroxylation is 2. The summed E-state index contributed by atoms with van der Waals surface area (Å²) in [6.45, 7) is 12.4. The number of nitrogens with zero attached hydrogens (tertiary/aromatic N) is 8. The molecule has 23 heteroatoms. The molecule has 118 heavy (non-hydrogen) atoms. The Morgan fingerprint density at radius 3 is 1.15 bits per heavy atom. The van der Waals surface area contributed by atoms with Crippen molar-refractivity contribution in [3.63, 3.8) is 0 Å². The average molecular weight is 1580 g/mol. The topological polar surface area (TPSA) is 327 Å². The molecule has 6 aliphatic rings. The summed E-state index contributed by atoms with van der Waals surface area (Å²) < 4.78 is 8.36. The monoisotopic (exact) mass is 1580 g/mol. The zero-order valence-corrected chi connectivity index (χ0v) is 65.7. The van der Waals surface area contributed by atoms with E-state index in [-0.39, 0.29) is 72.1 Å². The maximum atomic E-state index is 14.2. The second-order valence-electron chi connectivity index (χ2n) is 31.7. The van der Waals surface area contributed by atoms with Crippen LogP contribution in [0.4, 0.5) is 0 Å². The van der Waals surface area contributed by atoms with Crippen molar-refractivity contribution in [1.29, 1.82) is 0 Å². The fourth-order valence-electron chi connectivity index (χ4n) is 17.3. The second-order valence-corrected chi connectivity index (χ2v) is 31.7. The minimum Gasteiger partial charge on any atom is -0.392 e. The van der Waals surface area contributed by atoms with Crippen LogP contribution in [0.5, 0.6) is 0 Å². The molecule has 9 N–H and O–H groups in total. The standard InChI is InChI=1S/C32H32N4O4.C32H29N3O4.C31H30N4O4/c1-3-30(38)35-12-11-23(35)16-24-14-21-13-20(19-7-8-19)9-10-26(21)32(40)36(24)28-6-4-5-25(27(28)18-37)22-15-29(31(33)39)34(2)17-22;1-2-30(37)34-16-24(17-34)29-15-23-13-20(19-9-10-19)11-12-26(23)32(39)35(29)28-8-4-7-25(27(28)18-36)21-5-3-6-22(14-21)31(33)38;1-3-29(37)34-15-22(16-34)27-12-20-11-19(18-7-8-18)9-10-24(20)31(39)35(27)26-6-4-5-23(25(26)17-36)21-13-28(30(32)38)33(2)14-21/h3-6,9-10,13-15,17,19,23,37H,1,7-8,11-12,16,18H2,2H3,(H2,33,39);2-8,11-15,19,24,36H,1,9-10,16-18H2,(H2,33,38);3-6,9-14,18,22,36H,1,7-8,15-17H2,2H3,(H2,32,38). The third-order valence-corrected chi connectivity index (χ3v) is 24.3. The first-order valence-corrected chi connectivity index (χ1v) is 39.9. The number of hydrogen-bond donors (Lipinski definition) is 6. The lowest BCUT2D eigenvalue weighted by Crippen LogP contribution is -2.52. The molecular formula is C95H91N11O12. The third kappa shape index (κ3) is 14.8. The van der Waals surface area contributed by atoms with Crippen molar-refractivity contribution >= 4 is 67.8 Å². The van der Waals surface area contributed by atoms with Crippen LogP contribution >= 0.6 is 0 Å². The summed E-state index contributed by atoms with van der Waals surface area (Å²) in [5, 5.41) is 36.3. The van der Waals surface area contributed by atoms with Gasteiger partial charge in [0.1, 0.15) is 11.4 Å². The molecule has 8 heterocycles. The number of primary amides is 3. The molecule has 7 aromatic carbocycles. The van der Waals surface area contributed by atoms with Crippen LogP contribution in [0.15, 0.2) is 229 Å². The van der Waals surface area contributed by atoms with E-state index in [9.17, 15) is 58.5 Å². The predicted octanol–water partition coefficient (Wildman–Crippen LogP) is 11.6. The van der Waals surface area contributed by atoms with E-state index in [1.54, 1.807) is 94.4 Å². The number of likely N-dealkylation sites (tertiary alicyclic amines) is 3. The zero-order chi connectivity index (χ0) is 82.8. The number of rotatable bonds is 22. The average Bonchev–Trinajstić information content (AvgIpc) is 1.01. The van der Waals surface area contributed by atoms with E-state index >= 15 is 0 Å². The van der Waals surface area contributed by atoms with E-state index in [2.05, 4.69) is 56.1 Å². The van der Waals surface area contributed by atoms with E-state index in [0.717, 1.165) is 39.7 Å². The number of aliphatic hydroxyl groups is 3. The Balaban J connectivity index is 0.000000132. The molecule has 6 fully saturated rings. The molecule has 18 rings (SSSR count). The van der Waals surface area contributed by atoms with Gasteiger partial charge in [-0.25, -0.2) is 0 Å². The lowest BCUT2D eigenvalue weighted by molar-refractivity contribution is -0.133. The van der Waals surface area contributed by atoms with Gasteiger partial charge in [-0.05, 0) is 215 Å². The molecule has 23 nitrogen and oxygen atoms in total. The van der Waals surface area contributed by atoms with E-state index in [1.807, 2.05) is 97.1 Å². The van der Waals surface area contributed by atoms with Crippen molar-refractivity contribution in [1.82, 2.24) is 37.5 Å². The van der Waals surface area contributed by atoms with Gasteiger partial charge < -0.3 is 56.4 Å². The Hall–Kier alpha value is -13.4. The van der Waals surface area contributed by atoms with Gasteiger partial charge >= 0.3 is 0 Å². The van der Waals surface area contributed by atoms with Gasteiger partial charge in [-0.2, -0.15) is 0 Å². The molecule has 1 atom stereocenters. The molecule has 0 radical (unpaired) electrons. The van der Waals surface area contributed by atoms with Crippen molar-refractivity contribution in [2.24, 2.45) is 31.3 Å². The number of fused-ring (bicyclic) bond motifs is 3. The van der Waals surface area contributed by atoms with Crippen LogP contribution in [-0.4, -0.2) is 127 Å². The SMILES string of the molecule is C=CC(=O)N1CC(c2cc3cc(C4CC4)ccc3c(=O)n2-c2cccc(-c3cc(C(N)=O)n(C)c3)c2CO)C1.C=CC(=O)N1CC(c2cc3cc(C4CC4)ccc3c(=O)n2-c2cccc(-c3cccc(C(N)=O)c3)c2CO)C1.C=CC(=O)N1CCC1Cc1cc2cc(C3CC3)ccc2c(=O)n1-c1cccc(-c2cc(C(N)=O)n(C)c2)c1CO. The summed E-state index contributed by atoms with van der Waals surface area (Å²) in [6, 6.07) is 51.2. The van der Waals surface area contributed by atoms with Gasteiger partial charge in [0.2, 0.25) is 23.6 Å². The highest BCUT2D eigenvalue weighted by atomic mass is 16.3. The largest absolute Gasteiger partial charge is 0.392 e. The highest BCUT2D eigenvalue weighted by Gasteiger charge is 2.38. The molecule has 3 saturated carbocycles. The second kappa shape index (κ2) is 32.0. The van der Waals surface area contributed by atoms with Gasteiger partial charge in [-0.1, -0.05) is 105 Å². The lowest BCUT2D eigenvalue weighted by atomic mass is 9.91. The summed E-state index contributed by atoms with van der Waals surface area (Å²) in [5.41, 5.74) is 30.9. The first-order chi connectivity index (χ1) is 57.0. The number of benzene rings is 7. The number of aromatic nitrogens is 5. The molecule has 598 valence electrons. The molecule has 3 aliphatic carbocycles. The van der Waals surface area contributed by atoms with Crippen LogP contribution in [-0.2, 0) is 54.7 Å². The van der Waals surface area contributed by atoms with Gasteiger partial charge in [0.25, 0.3) is 28.5 Å². The number of amides is 6. The normalized spacial score (nSPS) is 15.8. The highest BCUT2D eigenvalue weighted by molar-refractivity contribution is 5.97. The molecule has 6 amide bonds. The third-order valence-electron chi connectivity index (χ3n) is 24.3. The number of aliphatic hydroxyl groups excluding tert-OH is 3. The summed E-state index contributed by atoms with van der Waals surface area (Å²) in [7, 11) is 3.48. The summed E-state index contributed by atoms with van der Waals surface area (Å²) >= 11 is 0. The lowest BCUT2D eigenvalue weighted by Gasteiger charge is -2.41. The van der Waals surface area contributed by atoms with Crippen LogP contribution < -0.4 is 33.9 Å². The van der Waals surface area contributed by atoms with Gasteiger partial charge in [0, 0.05) is 150 Å². The van der Waals surface area contributed by atoms with Crippen LogP contribution in [0.3, 0.4) is 0 Å². The van der Waals surface area contributed by atoms with Gasteiger partial charge in [-0.3, -0.25) is 56.9 Å². The Bertz CT molecular complexity index is 6390. The number of nitrogens with two attached hydrogens (primary N) is 3. The van der Waals surface area contributed by atoms with Crippen LogP contribution in [0.2, 0.25) is 0 Å². The maximum Gasteiger partial charge on any atom is 0.265 e. The van der Waals surface area contributed by atoms with Gasteiger partial charge in [0.05, 0.1) is 36.9 Å². The van der Waals surface area contributed by atoms with E-state index in [0.29, 0.717) is 157 Å². The molecule has 5 aromatic heterocycles. The zero-order valence-electron chi connectivity index (χ0n) is 65.7. The Labute approximate surface area is 679 Å². The fraction of sp³-hybridized carbons (Fsp3) is 0.253. The molecule has 3 aliphatic heterocycles. The van der Waals surface area contributed by atoms with E-state index in [4.69, 9.17) is 17.2 Å². The van der Waals surface area contributed by atoms with Crippen LogP contribution in [0.1, 0.15) is 156 Å². The highest BCUT2D eigenvalue weighted by Crippen LogP contribution is 2.45. The molecule has 0 bridgehead atoms. The Morgan fingerprint density at radius 2 is 0.797 bits per heavy atom. The Kier molecular flexibility index (Phi) is 21.3. The summed E-state index contributed by atoms with van der Waals surface area (Å²) in [4.78, 5) is 120. The minimum absolute atomic E-state index is 0.0479. The fourth-order valence-corrected chi connectivity index (χ4v) is 17.3. The molecule has 12 aromatic rings. The number of hydrogen-bond acceptors (Lipinski definition) is 12. The maximum absolute atomic E-state index is 14.2. The van der Waals surface area contributed by atoms with Crippen molar-refractivity contribution in [2.75, 3.05) is 32.7 Å². The number of carbonyl (C=O) groups is 6. The van der Waals surface area contributed by atoms with Crippen LogP contribution in [0.25, 0.3) is 82.8 Å². The Morgan fingerprint density at radius 1 is 0.415 bits per heavy atom. The molecule has 1 unspecified atom stereocenters. The van der Waals surface area contributed by atoms with Crippen LogP contribution in [0, 0.1) is 0 Å². The smallest absolute Gasteiger partial charge is 0.265 e. The quantitative estimate of drug-likeness (QED) is 0.0345. The van der Waals surface area contributed by atoms with E-state index < -0.39 is 17.7 Å². The first kappa shape index (κ1) is 78.5. The summed E-state index contributed by atoms with van der Waals surface area (Å²) in [6.07, 6.45) is 15.8. The molecular weight excluding hydrogens is 1490 g/mol.